The van der Waals surface area contributed by atoms with Crippen molar-refractivity contribution in [1.82, 2.24) is 14.9 Å². The van der Waals surface area contributed by atoms with Crippen molar-refractivity contribution in [3.63, 3.8) is 0 Å². The normalized spacial score (nSPS) is 14.1. The van der Waals surface area contributed by atoms with Crippen molar-refractivity contribution >= 4 is 69.8 Å². The summed E-state index contributed by atoms with van der Waals surface area (Å²) in [5.74, 6) is -3.05. The van der Waals surface area contributed by atoms with Crippen molar-refractivity contribution in [3.05, 3.63) is 80.8 Å². The number of thioether (sulfide) groups is 1. The molecular formula is C24H15Cl2FN4O6S. The molecule has 14 heteroatoms. The minimum Gasteiger partial charge on any atom is -0.465 e. The van der Waals surface area contributed by atoms with E-state index >= 15 is 0 Å². The Morgan fingerprint density at radius 3 is 2.74 bits per heavy atom. The number of carbonyl (C=O) groups is 4. The number of rotatable bonds is 7. The smallest absolute Gasteiger partial charge is 0.339 e. The van der Waals surface area contributed by atoms with E-state index < -0.39 is 35.4 Å². The van der Waals surface area contributed by atoms with Gasteiger partial charge in [0.1, 0.15) is 12.3 Å². The average Bonchev–Trinajstić information content (AvgIpc) is 3.14. The van der Waals surface area contributed by atoms with E-state index in [1.165, 1.54) is 43.5 Å². The zero-order valence-corrected chi connectivity index (χ0v) is 21.6. The third-order valence-corrected chi connectivity index (χ3v) is 6.30. The quantitative estimate of drug-likeness (QED) is 0.230. The molecule has 1 aromatic heterocycles. The summed E-state index contributed by atoms with van der Waals surface area (Å²) >= 11 is 12.3. The number of hydrogen-bond donors (Lipinski definition) is 1. The van der Waals surface area contributed by atoms with Crippen LogP contribution >= 0.6 is 35.0 Å². The number of carbonyl (C=O) groups excluding carboxylic acids is 4. The summed E-state index contributed by atoms with van der Waals surface area (Å²) < 4.78 is 23.9. The molecule has 1 aliphatic heterocycles. The van der Waals surface area contributed by atoms with E-state index in [2.05, 4.69) is 20.0 Å². The van der Waals surface area contributed by atoms with Crippen LogP contribution in [0.25, 0.3) is 6.08 Å². The molecule has 0 unspecified atom stereocenters. The summed E-state index contributed by atoms with van der Waals surface area (Å²) in [5, 5.41) is 1.80. The zero-order valence-electron chi connectivity index (χ0n) is 19.2. The van der Waals surface area contributed by atoms with Crippen LogP contribution in [0.4, 0.5) is 14.9 Å². The first kappa shape index (κ1) is 27.0. The van der Waals surface area contributed by atoms with Crippen LogP contribution in [0.1, 0.15) is 15.9 Å². The maximum atomic E-state index is 13.9. The van der Waals surface area contributed by atoms with Gasteiger partial charge in [0.25, 0.3) is 17.0 Å². The largest absolute Gasteiger partial charge is 0.465 e. The van der Waals surface area contributed by atoms with Gasteiger partial charge in [-0.1, -0.05) is 23.7 Å². The zero-order chi connectivity index (χ0) is 27.4. The second-order valence-electron chi connectivity index (χ2n) is 7.47. The molecule has 0 atom stereocenters. The number of ether oxygens (including phenoxy) is 2. The van der Waals surface area contributed by atoms with Crippen LogP contribution < -0.4 is 10.1 Å². The van der Waals surface area contributed by atoms with Gasteiger partial charge in [0, 0.05) is 5.69 Å². The number of imide groups is 1. The average molecular weight is 577 g/mol. The Morgan fingerprint density at radius 1 is 1.18 bits per heavy atom. The molecule has 0 saturated carbocycles. The van der Waals surface area contributed by atoms with E-state index in [1.54, 1.807) is 12.1 Å². The topological polar surface area (TPSA) is 128 Å². The van der Waals surface area contributed by atoms with Crippen molar-refractivity contribution in [2.75, 3.05) is 19.0 Å². The molecule has 1 saturated heterocycles. The molecule has 1 N–H and O–H groups in total. The van der Waals surface area contributed by atoms with Crippen molar-refractivity contribution in [2.24, 2.45) is 0 Å². The highest BCUT2D eigenvalue weighted by Crippen LogP contribution is 2.33. The molecule has 194 valence electrons. The van der Waals surface area contributed by atoms with Gasteiger partial charge in [0.2, 0.25) is 17.0 Å². The molecule has 2 heterocycles. The number of benzene rings is 2. The first-order chi connectivity index (χ1) is 18.1. The molecule has 3 aromatic rings. The lowest BCUT2D eigenvalue weighted by atomic mass is 10.2. The number of anilines is 1. The summed E-state index contributed by atoms with van der Waals surface area (Å²) in [4.78, 5) is 57.7. The van der Waals surface area contributed by atoms with Crippen LogP contribution in [-0.2, 0) is 14.3 Å². The molecule has 1 aliphatic rings. The molecule has 3 amide bonds. The molecular weight excluding hydrogens is 562 g/mol. The molecule has 2 aromatic carbocycles. The number of nitrogens with zero attached hydrogens (tertiary/aromatic N) is 3. The maximum absolute atomic E-state index is 13.9. The molecule has 0 radical (unpaired) electrons. The third kappa shape index (κ3) is 6.28. The summed E-state index contributed by atoms with van der Waals surface area (Å²) in [6, 6.07) is 10.4. The number of esters is 1. The van der Waals surface area contributed by atoms with Crippen molar-refractivity contribution in [3.8, 4) is 11.6 Å². The van der Waals surface area contributed by atoms with Gasteiger partial charge in [0.05, 0.1) is 28.8 Å². The Bertz CT molecular complexity index is 1500. The molecule has 4 rings (SSSR count). The number of halogens is 3. The lowest BCUT2D eigenvalue weighted by Gasteiger charge is -2.13. The van der Waals surface area contributed by atoms with E-state index in [0.29, 0.717) is 17.3 Å². The number of hydrogen-bond acceptors (Lipinski definition) is 9. The predicted molar refractivity (Wildman–Crippen MR) is 138 cm³/mol. The minimum absolute atomic E-state index is 0.0397. The summed E-state index contributed by atoms with van der Waals surface area (Å²) in [6.45, 7) is -0.560. The number of aromatic nitrogens is 2. The fourth-order valence-corrected chi connectivity index (χ4v) is 4.34. The third-order valence-electron chi connectivity index (χ3n) is 4.88. The summed E-state index contributed by atoms with van der Waals surface area (Å²) in [7, 11) is 1.19. The highest BCUT2D eigenvalue weighted by molar-refractivity contribution is 8.18. The van der Waals surface area contributed by atoms with E-state index in [9.17, 15) is 23.6 Å². The van der Waals surface area contributed by atoms with Gasteiger partial charge < -0.3 is 14.8 Å². The lowest BCUT2D eigenvalue weighted by Crippen LogP contribution is -2.36. The first-order valence-corrected chi connectivity index (χ1v) is 12.1. The van der Waals surface area contributed by atoms with Crippen LogP contribution in [0, 0.1) is 5.82 Å². The van der Waals surface area contributed by atoms with Crippen LogP contribution in [-0.4, -0.2) is 51.5 Å². The number of methoxy groups -OCH3 is 1. The van der Waals surface area contributed by atoms with Crippen LogP contribution in [0.5, 0.6) is 11.6 Å². The number of nitrogens with one attached hydrogen (secondary N) is 1. The van der Waals surface area contributed by atoms with Crippen molar-refractivity contribution in [2.45, 2.75) is 0 Å². The Balaban J connectivity index is 1.45. The van der Waals surface area contributed by atoms with Crippen molar-refractivity contribution in [1.29, 1.82) is 0 Å². The summed E-state index contributed by atoms with van der Waals surface area (Å²) in [6.07, 6.45) is 2.30. The highest BCUT2D eigenvalue weighted by Gasteiger charge is 2.36. The van der Waals surface area contributed by atoms with Gasteiger partial charge >= 0.3 is 5.97 Å². The molecule has 1 fully saturated rings. The standard InChI is InChI=1S/C24H15Cl2FN4O6S/c1-36-22(34)15-9-13(5-6-16(15)25)29-19(32)11-31-21(33)18(38-24(31)35)8-12-3-2-4-14(7-12)37-20-17(27)10-28-23(26)30-20/h2-10H,11H2,1H3,(H,29,32)/b18-8+. The minimum atomic E-state index is -0.820. The van der Waals surface area contributed by atoms with E-state index in [0.717, 1.165) is 11.1 Å². The highest BCUT2D eigenvalue weighted by atomic mass is 35.5. The Labute approximate surface area is 228 Å². The van der Waals surface area contributed by atoms with Gasteiger partial charge in [-0.3, -0.25) is 19.3 Å². The maximum Gasteiger partial charge on any atom is 0.339 e. The molecule has 0 spiro atoms. The lowest BCUT2D eigenvalue weighted by molar-refractivity contribution is -0.127. The van der Waals surface area contributed by atoms with Crippen LogP contribution in [0.15, 0.2) is 53.6 Å². The van der Waals surface area contributed by atoms with Gasteiger partial charge in [0.15, 0.2) is 0 Å². The van der Waals surface area contributed by atoms with Crippen LogP contribution in [0.3, 0.4) is 0 Å². The molecule has 0 bridgehead atoms. The second kappa shape index (κ2) is 11.6. The summed E-state index contributed by atoms with van der Waals surface area (Å²) in [5.41, 5.74) is 0.730. The van der Waals surface area contributed by atoms with Gasteiger partial charge in [-0.05, 0) is 65.3 Å². The monoisotopic (exact) mass is 576 g/mol. The fraction of sp³-hybridized carbons (Fsp3) is 0.0833. The van der Waals surface area contributed by atoms with Gasteiger partial charge in [-0.2, -0.15) is 9.37 Å². The predicted octanol–water partition coefficient (Wildman–Crippen LogP) is 5.18. The van der Waals surface area contributed by atoms with Crippen molar-refractivity contribution < 1.29 is 33.0 Å². The molecule has 38 heavy (non-hydrogen) atoms. The fourth-order valence-electron chi connectivity index (χ4n) is 3.18. The first-order valence-electron chi connectivity index (χ1n) is 10.5. The molecule has 0 aliphatic carbocycles. The van der Waals surface area contributed by atoms with E-state index in [4.69, 9.17) is 27.9 Å². The van der Waals surface area contributed by atoms with Gasteiger partial charge in [-0.15, -0.1) is 0 Å². The molecule has 10 nitrogen and oxygen atoms in total. The SMILES string of the molecule is COC(=O)c1cc(NC(=O)CN2C(=O)S/C(=C/c3cccc(Oc4nc(Cl)ncc4F)c3)C2=O)ccc1Cl. The van der Waals surface area contributed by atoms with E-state index in [1.807, 2.05) is 0 Å². The van der Waals surface area contributed by atoms with E-state index in [-0.39, 0.29) is 38.1 Å². The number of amides is 3. The second-order valence-corrected chi connectivity index (χ2v) is 9.21. The van der Waals surface area contributed by atoms with Crippen LogP contribution in [0.2, 0.25) is 10.3 Å². The Kier molecular flexibility index (Phi) is 8.25. The van der Waals surface area contributed by atoms with Gasteiger partial charge in [-0.25, -0.2) is 9.78 Å². The Morgan fingerprint density at radius 2 is 1.97 bits per heavy atom. The Hall–Kier alpha value is -4.00.